The minimum Gasteiger partial charge on any atom is -0.347 e. The van der Waals surface area contributed by atoms with Crippen molar-refractivity contribution in [3.8, 4) is 11.3 Å². The average Bonchev–Trinajstić information content (AvgIpc) is 2.99. The lowest BCUT2D eigenvalue weighted by atomic mass is 10.1. The highest BCUT2D eigenvalue weighted by atomic mass is 35.5. The van der Waals surface area contributed by atoms with E-state index in [0.29, 0.717) is 5.69 Å². The molecule has 1 saturated heterocycles. The smallest absolute Gasteiger partial charge is 0.269 e. The van der Waals surface area contributed by atoms with Crippen molar-refractivity contribution in [1.82, 2.24) is 20.8 Å². The van der Waals surface area contributed by atoms with Crippen LogP contribution in [0, 0.1) is 6.92 Å². The van der Waals surface area contributed by atoms with Crippen molar-refractivity contribution in [2.75, 3.05) is 13.1 Å². The molecule has 1 atom stereocenters. The summed E-state index contributed by atoms with van der Waals surface area (Å²) in [6.45, 7) is 3.92. The van der Waals surface area contributed by atoms with E-state index in [-0.39, 0.29) is 24.4 Å². The van der Waals surface area contributed by atoms with Gasteiger partial charge in [-0.05, 0) is 32.4 Å². The molecule has 0 radical (unpaired) electrons. The number of hydrogen-bond donors (Lipinski definition) is 3. The second-order valence-corrected chi connectivity index (χ2v) is 5.55. The van der Waals surface area contributed by atoms with Gasteiger partial charge >= 0.3 is 0 Å². The Labute approximate surface area is 136 Å². The molecule has 0 spiro atoms. The van der Waals surface area contributed by atoms with Gasteiger partial charge in [-0.3, -0.25) is 9.89 Å². The third-order valence-electron chi connectivity index (χ3n) is 3.80. The SMILES string of the molecule is Cc1ccc(-c2cc(C(=O)N[C@H]3CCCNC3)[nH]n2)cc1.Cl. The molecular weight excluding hydrogens is 300 g/mol. The molecule has 0 aliphatic carbocycles. The van der Waals surface area contributed by atoms with Crippen LogP contribution in [0.15, 0.2) is 30.3 Å². The molecule has 6 heteroatoms. The van der Waals surface area contributed by atoms with Crippen molar-refractivity contribution < 1.29 is 4.79 Å². The Bertz CT molecular complexity index is 617. The van der Waals surface area contributed by atoms with Crippen LogP contribution in [0.1, 0.15) is 28.9 Å². The van der Waals surface area contributed by atoms with Gasteiger partial charge < -0.3 is 10.6 Å². The van der Waals surface area contributed by atoms with Crippen LogP contribution in [0.5, 0.6) is 0 Å². The van der Waals surface area contributed by atoms with Crippen LogP contribution in [0.25, 0.3) is 11.3 Å². The van der Waals surface area contributed by atoms with E-state index < -0.39 is 0 Å². The highest BCUT2D eigenvalue weighted by molar-refractivity contribution is 5.93. The number of nitrogens with one attached hydrogen (secondary N) is 3. The third kappa shape index (κ3) is 3.87. The van der Waals surface area contributed by atoms with Crippen molar-refractivity contribution in [3.63, 3.8) is 0 Å². The lowest BCUT2D eigenvalue weighted by molar-refractivity contribution is 0.0925. The molecular formula is C16H21ClN4O. The van der Waals surface area contributed by atoms with Gasteiger partial charge in [-0.15, -0.1) is 12.4 Å². The van der Waals surface area contributed by atoms with E-state index in [9.17, 15) is 4.79 Å². The summed E-state index contributed by atoms with van der Waals surface area (Å²) in [6.07, 6.45) is 2.13. The molecule has 3 rings (SSSR count). The first-order chi connectivity index (χ1) is 10.2. The van der Waals surface area contributed by atoms with Crippen LogP contribution in [0.2, 0.25) is 0 Å². The Morgan fingerprint density at radius 3 is 2.77 bits per heavy atom. The fraction of sp³-hybridized carbons (Fsp3) is 0.375. The Hall–Kier alpha value is -1.85. The predicted octanol–water partition coefficient (Wildman–Crippen LogP) is 2.29. The van der Waals surface area contributed by atoms with Crippen molar-refractivity contribution in [2.24, 2.45) is 0 Å². The standard InChI is InChI=1S/C16H20N4O.ClH/c1-11-4-6-12(7-5-11)14-9-15(20-19-14)16(21)18-13-3-2-8-17-10-13;/h4-7,9,13,17H,2-3,8,10H2,1H3,(H,18,21)(H,19,20);1H/t13-;/m0./s1. The number of piperidine rings is 1. The van der Waals surface area contributed by atoms with E-state index in [1.807, 2.05) is 31.2 Å². The summed E-state index contributed by atoms with van der Waals surface area (Å²) in [4.78, 5) is 12.2. The Balaban J connectivity index is 0.00000176. The molecule has 1 fully saturated rings. The molecule has 22 heavy (non-hydrogen) atoms. The number of aryl methyl sites for hydroxylation is 1. The summed E-state index contributed by atoms with van der Waals surface area (Å²) in [7, 11) is 0. The maximum absolute atomic E-state index is 12.2. The van der Waals surface area contributed by atoms with Crippen LogP contribution in [0.3, 0.4) is 0 Å². The predicted molar refractivity (Wildman–Crippen MR) is 89.4 cm³/mol. The highest BCUT2D eigenvalue weighted by Gasteiger charge is 2.18. The van der Waals surface area contributed by atoms with Crippen molar-refractivity contribution in [2.45, 2.75) is 25.8 Å². The summed E-state index contributed by atoms with van der Waals surface area (Å²) in [5, 5.41) is 13.4. The fourth-order valence-corrected chi connectivity index (χ4v) is 2.55. The molecule has 1 aromatic carbocycles. The van der Waals surface area contributed by atoms with Gasteiger partial charge in [0.2, 0.25) is 0 Å². The van der Waals surface area contributed by atoms with E-state index in [4.69, 9.17) is 0 Å². The number of aromatic nitrogens is 2. The Morgan fingerprint density at radius 2 is 2.09 bits per heavy atom. The van der Waals surface area contributed by atoms with E-state index in [2.05, 4.69) is 20.8 Å². The fourth-order valence-electron chi connectivity index (χ4n) is 2.55. The number of halogens is 1. The van der Waals surface area contributed by atoms with Gasteiger partial charge in [-0.25, -0.2) is 0 Å². The molecule has 2 aromatic rings. The number of aromatic amines is 1. The summed E-state index contributed by atoms with van der Waals surface area (Å²) in [5.41, 5.74) is 3.52. The van der Waals surface area contributed by atoms with Gasteiger partial charge in [0, 0.05) is 18.2 Å². The van der Waals surface area contributed by atoms with E-state index in [1.165, 1.54) is 5.56 Å². The molecule has 2 heterocycles. The molecule has 5 nitrogen and oxygen atoms in total. The third-order valence-corrected chi connectivity index (χ3v) is 3.80. The zero-order chi connectivity index (χ0) is 14.7. The molecule has 1 aromatic heterocycles. The molecule has 0 saturated carbocycles. The van der Waals surface area contributed by atoms with E-state index in [0.717, 1.165) is 37.2 Å². The summed E-state index contributed by atoms with van der Waals surface area (Å²) in [6, 6.07) is 10.1. The van der Waals surface area contributed by atoms with E-state index in [1.54, 1.807) is 6.07 Å². The normalized spacial score (nSPS) is 17.6. The summed E-state index contributed by atoms with van der Waals surface area (Å²) < 4.78 is 0. The number of amides is 1. The first kappa shape index (κ1) is 16.5. The van der Waals surface area contributed by atoms with Crippen LogP contribution in [0.4, 0.5) is 0 Å². The molecule has 0 bridgehead atoms. The molecule has 0 unspecified atom stereocenters. The first-order valence-corrected chi connectivity index (χ1v) is 7.36. The van der Waals surface area contributed by atoms with Gasteiger partial charge in [0.05, 0.1) is 5.69 Å². The Kier molecular flexibility index (Phi) is 5.57. The number of nitrogens with zero attached hydrogens (tertiary/aromatic N) is 1. The molecule has 1 aliphatic heterocycles. The molecule has 118 valence electrons. The number of carbonyl (C=O) groups is 1. The topological polar surface area (TPSA) is 69.8 Å². The number of hydrogen-bond acceptors (Lipinski definition) is 3. The van der Waals surface area contributed by atoms with Crippen molar-refractivity contribution in [3.05, 3.63) is 41.6 Å². The first-order valence-electron chi connectivity index (χ1n) is 7.36. The molecule has 1 amide bonds. The largest absolute Gasteiger partial charge is 0.347 e. The van der Waals surface area contributed by atoms with Crippen LogP contribution < -0.4 is 10.6 Å². The van der Waals surface area contributed by atoms with Crippen molar-refractivity contribution >= 4 is 18.3 Å². The maximum atomic E-state index is 12.2. The second kappa shape index (κ2) is 7.42. The monoisotopic (exact) mass is 320 g/mol. The highest BCUT2D eigenvalue weighted by Crippen LogP contribution is 2.18. The minimum atomic E-state index is -0.0884. The zero-order valence-electron chi connectivity index (χ0n) is 12.6. The van der Waals surface area contributed by atoms with Gasteiger partial charge in [-0.1, -0.05) is 29.8 Å². The second-order valence-electron chi connectivity index (χ2n) is 5.55. The van der Waals surface area contributed by atoms with E-state index >= 15 is 0 Å². The minimum absolute atomic E-state index is 0. The van der Waals surface area contributed by atoms with Crippen LogP contribution in [-0.4, -0.2) is 35.2 Å². The number of H-pyrrole nitrogens is 1. The Morgan fingerprint density at radius 1 is 1.32 bits per heavy atom. The zero-order valence-corrected chi connectivity index (χ0v) is 13.4. The molecule has 1 aliphatic rings. The lowest BCUT2D eigenvalue weighted by Gasteiger charge is -2.23. The quantitative estimate of drug-likeness (QED) is 0.812. The number of rotatable bonds is 3. The number of benzene rings is 1. The number of carbonyl (C=O) groups excluding carboxylic acids is 1. The summed E-state index contributed by atoms with van der Waals surface area (Å²) >= 11 is 0. The van der Waals surface area contributed by atoms with Crippen LogP contribution in [-0.2, 0) is 0 Å². The summed E-state index contributed by atoms with van der Waals surface area (Å²) in [5.74, 6) is -0.0884. The van der Waals surface area contributed by atoms with Gasteiger partial charge in [0.1, 0.15) is 5.69 Å². The molecule has 3 N–H and O–H groups in total. The van der Waals surface area contributed by atoms with Gasteiger partial charge in [0.15, 0.2) is 0 Å². The van der Waals surface area contributed by atoms with Gasteiger partial charge in [0.25, 0.3) is 5.91 Å². The lowest BCUT2D eigenvalue weighted by Crippen LogP contribution is -2.45. The van der Waals surface area contributed by atoms with Gasteiger partial charge in [-0.2, -0.15) is 5.10 Å². The maximum Gasteiger partial charge on any atom is 0.269 e. The van der Waals surface area contributed by atoms with Crippen LogP contribution >= 0.6 is 12.4 Å². The van der Waals surface area contributed by atoms with Crippen molar-refractivity contribution in [1.29, 1.82) is 0 Å². The average molecular weight is 321 g/mol.